The van der Waals surface area contributed by atoms with E-state index in [9.17, 15) is 32.3 Å². The molecule has 7 nitrogen and oxygen atoms in total. The highest BCUT2D eigenvalue weighted by Crippen LogP contribution is 2.26. The van der Waals surface area contributed by atoms with Gasteiger partial charge in [0.2, 0.25) is 0 Å². The lowest BCUT2D eigenvalue weighted by Gasteiger charge is -2.32. The lowest BCUT2D eigenvalue weighted by atomic mass is 9.96. The van der Waals surface area contributed by atoms with Crippen LogP contribution in [0, 0.1) is 11.8 Å². The Labute approximate surface area is 177 Å². The standard InChI is InChI=1S/C21H24F3N3O4/c1-12(2)11-27-18(29)15-4-3-14(9-16(15)19(27)30)17(28)25-10-13-5-7-26(8-6-13)20(31)21(22,23)24/h3-4,9,12-13H,5-8,10-11H2,1-2H3,(H,25,28). The number of imide groups is 1. The number of nitrogens with zero attached hydrogens (tertiary/aromatic N) is 2. The number of amides is 4. The van der Waals surface area contributed by atoms with Crippen LogP contribution in [0.25, 0.3) is 0 Å². The molecule has 0 radical (unpaired) electrons. The Morgan fingerprint density at radius 3 is 2.29 bits per heavy atom. The molecule has 2 aliphatic rings. The Bertz CT molecular complexity index is 906. The van der Waals surface area contributed by atoms with Crippen molar-refractivity contribution in [2.75, 3.05) is 26.2 Å². The Kier molecular flexibility index (Phi) is 6.38. The minimum Gasteiger partial charge on any atom is -0.352 e. The van der Waals surface area contributed by atoms with Crippen molar-refractivity contribution < 1.29 is 32.3 Å². The van der Waals surface area contributed by atoms with Gasteiger partial charge >= 0.3 is 12.1 Å². The quantitative estimate of drug-likeness (QED) is 0.715. The molecule has 1 aromatic rings. The van der Waals surface area contributed by atoms with Gasteiger partial charge in [-0.05, 0) is 42.9 Å². The van der Waals surface area contributed by atoms with Crippen LogP contribution in [0.5, 0.6) is 0 Å². The number of hydrogen-bond acceptors (Lipinski definition) is 4. The van der Waals surface area contributed by atoms with E-state index in [2.05, 4.69) is 5.32 Å². The van der Waals surface area contributed by atoms with Crippen molar-refractivity contribution in [3.05, 3.63) is 34.9 Å². The van der Waals surface area contributed by atoms with Crippen molar-refractivity contribution in [3.8, 4) is 0 Å². The first-order valence-corrected chi connectivity index (χ1v) is 10.1. The van der Waals surface area contributed by atoms with Crippen molar-refractivity contribution in [2.24, 2.45) is 11.8 Å². The van der Waals surface area contributed by atoms with Crippen molar-refractivity contribution in [1.82, 2.24) is 15.1 Å². The van der Waals surface area contributed by atoms with Crippen molar-refractivity contribution in [3.63, 3.8) is 0 Å². The molecule has 0 bridgehead atoms. The maximum absolute atomic E-state index is 12.5. The van der Waals surface area contributed by atoms with Gasteiger partial charge in [-0.2, -0.15) is 13.2 Å². The normalized spacial score (nSPS) is 17.4. The van der Waals surface area contributed by atoms with Crippen LogP contribution in [-0.4, -0.2) is 65.8 Å². The summed E-state index contributed by atoms with van der Waals surface area (Å²) in [7, 11) is 0. The summed E-state index contributed by atoms with van der Waals surface area (Å²) in [5.74, 6) is -3.01. The number of alkyl halides is 3. The van der Waals surface area contributed by atoms with Crippen molar-refractivity contribution in [2.45, 2.75) is 32.9 Å². The van der Waals surface area contributed by atoms with E-state index in [1.165, 1.54) is 23.1 Å². The number of halogens is 3. The molecule has 1 N–H and O–H groups in total. The predicted octanol–water partition coefficient (Wildman–Crippen LogP) is 2.47. The summed E-state index contributed by atoms with van der Waals surface area (Å²) in [4.78, 5) is 50.7. The van der Waals surface area contributed by atoms with Gasteiger partial charge in [-0.25, -0.2) is 0 Å². The fourth-order valence-electron chi connectivity index (χ4n) is 3.82. The van der Waals surface area contributed by atoms with Gasteiger partial charge in [0.1, 0.15) is 0 Å². The molecule has 0 aromatic heterocycles. The van der Waals surface area contributed by atoms with Crippen LogP contribution in [0.2, 0.25) is 0 Å². The summed E-state index contributed by atoms with van der Waals surface area (Å²) in [6, 6.07) is 4.34. The van der Waals surface area contributed by atoms with Crippen LogP contribution in [0.4, 0.5) is 13.2 Å². The molecule has 2 heterocycles. The number of fused-ring (bicyclic) bond motifs is 1. The zero-order valence-electron chi connectivity index (χ0n) is 17.3. The number of carbonyl (C=O) groups is 4. The van der Waals surface area contributed by atoms with Gasteiger partial charge in [0, 0.05) is 31.7 Å². The molecule has 1 fully saturated rings. The van der Waals surface area contributed by atoms with Crippen molar-refractivity contribution in [1.29, 1.82) is 0 Å². The van der Waals surface area contributed by atoms with E-state index in [1.54, 1.807) is 0 Å². The van der Waals surface area contributed by atoms with Gasteiger partial charge in [-0.3, -0.25) is 24.1 Å². The zero-order chi connectivity index (χ0) is 22.9. The summed E-state index contributed by atoms with van der Waals surface area (Å²) in [5, 5.41) is 2.73. The first-order valence-electron chi connectivity index (χ1n) is 10.1. The second-order valence-corrected chi connectivity index (χ2v) is 8.32. The third kappa shape index (κ3) is 4.88. The van der Waals surface area contributed by atoms with E-state index in [0.29, 0.717) is 19.4 Å². The van der Waals surface area contributed by atoms with Crippen LogP contribution in [-0.2, 0) is 4.79 Å². The Balaban J connectivity index is 1.56. The summed E-state index contributed by atoms with van der Waals surface area (Å²) in [6.45, 7) is 4.30. The van der Waals surface area contributed by atoms with Gasteiger partial charge in [0.05, 0.1) is 11.1 Å². The average molecular weight is 439 g/mol. The second-order valence-electron chi connectivity index (χ2n) is 8.32. The number of benzene rings is 1. The topological polar surface area (TPSA) is 86.8 Å². The fourth-order valence-corrected chi connectivity index (χ4v) is 3.82. The molecule has 3 rings (SSSR count). The van der Waals surface area contributed by atoms with Crippen molar-refractivity contribution >= 4 is 23.6 Å². The first kappa shape index (κ1) is 22.8. The molecule has 31 heavy (non-hydrogen) atoms. The molecule has 168 valence electrons. The number of piperidine rings is 1. The van der Waals surface area contributed by atoms with E-state index in [1.807, 2.05) is 13.8 Å². The molecule has 1 saturated heterocycles. The van der Waals surface area contributed by atoms with Crippen LogP contribution >= 0.6 is 0 Å². The monoisotopic (exact) mass is 439 g/mol. The smallest absolute Gasteiger partial charge is 0.352 e. The van der Waals surface area contributed by atoms with E-state index >= 15 is 0 Å². The summed E-state index contributed by atoms with van der Waals surface area (Å²) >= 11 is 0. The van der Waals surface area contributed by atoms with E-state index in [4.69, 9.17) is 0 Å². The molecule has 1 aromatic carbocycles. The lowest BCUT2D eigenvalue weighted by molar-refractivity contribution is -0.186. The highest BCUT2D eigenvalue weighted by atomic mass is 19.4. The molecule has 0 saturated carbocycles. The highest BCUT2D eigenvalue weighted by Gasteiger charge is 2.43. The molecule has 2 aliphatic heterocycles. The number of hydrogen-bond donors (Lipinski definition) is 1. The van der Waals surface area contributed by atoms with Crippen LogP contribution in [0.15, 0.2) is 18.2 Å². The number of nitrogens with one attached hydrogen (secondary N) is 1. The zero-order valence-corrected chi connectivity index (χ0v) is 17.3. The molecular weight excluding hydrogens is 415 g/mol. The molecule has 4 amide bonds. The average Bonchev–Trinajstić information content (AvgIpc) is 2.95. The van der Waals surface area contributed by atoms with E-state index < -0.39 is 23.9 Å². The maximum atomic E-state index is 12.5. The molecule has 0 aliphatic carbocycles. The lowest BCUT2D eigenvalue weighted by Crippen LogP contribution is -2.46. The van der Waals surface area contributed by atoms with Crippen LogP contribution in [0.1, 0.15) is 57.8 Å². The Morgan fingerprint density at radius 2 is 1.71 bits per heavy atom. The largest absolute Gasteiger partial charge is 0.471 e. The SMILES string of the molecule is CC(C)CN1C(=O)c2ccc(C(=O)NCC3CCN(C(=O)C(F)(F)F)CC3)cc2C1=O. The predicted molar refractivity (Wildman–Crippen MR) is 104 cm³/mol. The summed E-state index contributed by atoms with van der Waals surface area (Å²) < 4.78 is 37.5. The Morgan fingerprint density at radius 1 is 1.10 bits per heavy atom. The van der Waals surface area contributed by atoms with Crippen LogP contribution < -0.4 is 5.32 Å². The number of rotatable bonds is 5. The number of likely N-dealkylation sites (tertiary alicyclic amines) is 1. The molecule has 0 spiro atoms. The van der Waals surface area contributed by atoms with Gasteiger partial charge in [0.25, 0.3) is 17.7 Å². The highest BCUT2D eigenvalue weighted by molar-refractivity contribution is 6.22. The molecule has 0 atom stereocenters. The molecular formula is C21H24F3N3O4. The third-order valence-electron chi connectivity index (χ3n) is 5.48. The van der Waals surface area contributed by atoms with Gasteiger partial charge in [-0.1, -0.05) is 13.8 Å². The molecule has 0 unspecified atom stereocenters. The van der Waals surface area contributed by atoms with Gasteiger partial charge in [-0.15, -0.1) is 0 Å². The summed E-state index contributed by atoms with van der Waals surface area (Å²) in [6.07, 6.45) is -4.18. The first-order chi connectivity index (χ1) is 14.5. The number of carbonyl (C=O) groups excluding carboxylic acids is 4. The van der Waals surface area contributed by atoms with Gasteiger partial charge < -0.3 is 10.2 Å². The second kappa shape index (κ2) is 8.68. The van der Waals surface area contributed by atoms with E-state index in [0.717, 1.165) is 4.90 Å². The third-order valence-corrected chi connectivity index (χ3v) is 5.48. The van der Waals surface area contributed by atoms with Gasteiger partial charge in [0.15, 0.2) is 0 Å². The Hall–Kier alpha value is -2.91. The molecule has 10 heteroatoms. The minimum absolute atomic E-state index is 0.0139. The summed E-state index contributed by atoms with van der Waals surface area (Å²) in [5.41, 5.74) is 0.692. The fraction of sp³-hybridized carbons (Fsp3) is 0.524. The maximum Gasteiger partial charge on any atom is 0.471 e. The minimum atomic E-state index is -4.88. The van der Waals surface area contributed by atoms with Crippen LogP contribution in [0.3, 0.4) is 0 Å². The van der Waals surface area contributed by atoms with E-state index in [-0.39, 0.29) is 54.1 Å².